The van der Waals surface area contributed by atoms with Crippen LogP contribution in [0.5, 0.6) is 0 Å². The lowest BCUT2D eigenvalue weighted by atomic mass is 10.2. The van der Waals surface area contributed by atoms with Crippen LogP contribution in [-0.2, 0) is 11.3 Å². The molecule has 0 aliphatic carbocycles. The van der Waals surface area contributed by atoms with Gasteiger partial charge in [0.05, 0.1) is 0 Å². The fourth-order valence-corrected chi connectivity index (χ4v) is 1.87. The quantitative estimate of drug-likeness (QED) is 0.807. The lowest BCUT2D eigenvalue weighted by molar-refractivity contribution is -0.130. The van der Waals surface area contributed by atoms with Crippen molar-refractivity contribution in [2.45, 2.75) is 26.3 Å². The minimum Gasteiger partial charge on any atom is -0.341 e. The number of hydrogen-bond acceptors (Lipinski definition) is 1. The first-order valence-electron chi connectivity index (χ1n) is 5.22. The van der Waals surface area contributed by atoms with Crippen LogP contribution in [0, 0.1) is 0 Å². The zero-order valence-corrected chi connectivity index (χ0v) is 11.0. The largest absolute Gasteiger partial charge is 0.341 e. The molecule has 2 nitrogen and oxygen atoms in total. The third kappa shape index (κ3) is 3.69. The molecule has 1 aromatic rings. The molecule has 4 heteroatoms. The summed E-state index contributed by atoms with van der Waals surface area (Å²) in [6.07, 6.45) is 1.43. The average molecular weight is 260 g/mol. The van der Waals surface area contributed by atoms with Crippen molar-refractivity contribution in [3.05, 3.63) is 33.8 Å². The van der Waals surface area contributed by atoms with Crippen molar-refractivity contribution in [3.63, 3.8) is 0 Å². The van der Waals surface area contributed by atoms with Gasteiger partial charge < -0.3 is 4.90 Å². The van der Waals surface area contributed by atoms with Crippen LogP contribution in [0.3, 0.4) is 0 Å². The van der Waals surface area contributed by atoms with E-state index < -0.39 is 0 Å². The van der Waals surface area contributed by atoms with E-state index in [1.54, 1.807) is 24.1 Å². The fraction of sp³-hybridized carbons (Fsp3) is 0.417. The van der Waals surface area contributed by atoms with E-state index in [0.29, 0.717) is 23.0 Å². The van der Waals surface area contributed by atoms with Crippen LogP contribution >= 0.6 is 23.2 Å². The summed E-state index contributed by atoms with van der Waals surface area (Å²) < 4.78 is 0. The average Bonchev–Trinajstić information content (AvgIpc) is 2.22. The van der Waals surface area contributed by atoms with Gasteiger partial charge in [0.2, 0.25) is 5.91 Å². The maximum absolute atomic E-state index is 11.6. The van der Waals surface area contributed by atoms with Crippen LogP contribution < -0.4 is 0 Å². The number of hydrogen-bond donors (Lipinski definition) is 0. The molecule has 88 valence electrons. The summed E-state index contributed by atoms with van der Waals surface area (Å²) in [5.74, 6) is 0.133. The van der Waals surface area contributed by atoms with Crippen molar-refractivity contribution in [1.29, 1.82) is 0 Å². The van der Waals surface area contributed by atoms with E-state index in [0.717, 1.165) is 12.0 Å². The van der Waals surface area contributed by atoms with Gasteiger partial charge in [0.1, 0.15) is 0 Å². The SMILES string of the molecule is CCCC(=O)N(C)Cc1ccc(Cl)cc1Cl. The van der Waals surface area contributed by atoms with Gasteiger partial charge in [-0.25, -0.2) is 0 Å². The topological polar surface area (TPSA) is 20.3 Å². The highest BCUT2D eigenvalue weighted by atomic mass is 35.5. The van der Waals surface area contributed by atoms with E-state index in [1.165, 1.54) is 0 Å². The van der Waals surface area contributed by atoms with Gasteiger partial charge in [-0.05, 0) is 24.1 Å². The summed E-state index contributed by atoms with van der Waals surface area (Å²) in [6, 6.07) is 5.32. The van der Waals surface area contributed by atoms with Crippen molar-refractivity contribution in [3.8, 4) is 0 Å². The van der Waals surface area contributed by atoms with Gasteiger partial charge >= 0.3 is 0 Å². The molecule has 0 atom stereocenters. The Morgan fingerprint density at radius 3 is 2.62 bits per heavy atom. The molecular weight excluding hydrogens is 245 g/mol. The van der Waals surface area contributed by atoms with Crippen molar-refractivity contribution in [1.82, 2.24) is 4.90 Å². The van der Waals surface area contributed by atoms with Crippen molar-refractivity contribution in [2.75, 3.05) is 7.05 Å². The summed E-state index contributed by atoms with van der Waals surface area (Å²) in [5, 5.41) is 1.21. The Morgan fingerprint density at radius 1 is 1.38 bits per heavy atom. The molecule has 0 saturated heterocycles. The number of amides is 1. The second-order valence-electron chi connectivity index (χ2n) is 3.74. The molecule has 1 aromatic carbocycles. The molecule has 1 rings (SSSR count). The number of halogens is 2. The second-order valence-corrected chi connectivity index (χ2v) is 4.58. The van der Waals surface area contributed by atoms with Gasteiger partial charge in [-0.3, -0.25) is 4.79 Å². The third-order valence-electron chi connectivity index (χ3n) is 2.31. The van der Waals surface area contributed by atoms with Crippen LogP contribution in [0.1, 0.15) is 25.3 Å². The highest BCUT2D eigenvalue weighted by Crippen LogP contribution is 2.22. The number of carbonyl (C=O) groups is 1. The maximum Gasteiger partial charge on any atom is 0.222 e. The van der Waals surface area contributed by atoms with E-state index in [1.807, 2.05) is 13.0 Å². The predicted octanol–water partition coefficient (Wildman–Crippen LogP) is 3.75. The second kappa shape index (κ2) is 6.12. The maximum atomic E-state index is 11.6. The molecule has 0 unspecified atom stereocenters. The summed E-state index contributed by atoms with van der Waals surface area (Å²) in [7, 11) is 1.78. The first-order chi connectivity index (χ1) is 7.54. The molecule has 0 saturated carbocycles. The number of rotatable bonds is 4. The minimum atomic E-state index is 0.133. The standard InChI is InChI=1S/C12H15Cl2NO/c1-3-4-12(16)15(2)8-9-5-6-10(13)7-11(9)14/h5-7H,3-4,8H2,1-2H3. The predicted molar refractivity (Wildman–Crippen MR) is 67.8 cm³/mol. The van der Waals surface area contributed by atoms with E-state index in [-0.39, 0.29) is 5.91 Å². The van der Waals surface area contributed by atoms with E-state index in [4.69, 9.17) is 23.2 Å². The van der Waals surface area contributed by atoms with Crippen LogP contribution in [0.4, 0.5) is 0 Å². The highest BCUT2D eigenvalue weighted by molar-refractivity contribution is 6.35. The molecule has 1 amide bonds. The summed E-state index contributed by atoms with van der Waals surface area (Å²) in [6.45, 7) is 2.51. The lowest BCUT2D eigenvalue weighted by Gasteiger charge is -2.17. The van der Waals surface area contributed by atoms with Crippen LogP contribution in [0.25, 0.3) is 0 Å². The van der Waals surface area contributed by atoms with Gasteiger partial charge in [-0.15, -0.1) is 0 Å². The molecular formula is C12H15Cl2NO. The molecule has 0 heterocycles. The highest BCUT2D eigenvalue weighted by Gasteiger charge is 2.10. The first kappa shape index (κ1) is 13.3. The summed E-state index contributed by atoms with van der Waals surface area (Å²) >= 11 is 11.8. The molecule has 0 radical (unpaired) electrons. The normalized spacial score (nSPS) is 10.2. The number of benzene rings is 1. The Balaban J connectivity index is 2.69. The molecule has 0 aromatic heterocycles. The van der Waals surface area contributed by atoms with Gasteiger partial charge in [0.25, 0.3) is 0 Å². The van der Waals surface area contributed by atoms with Crippen LogP contribution in [0.15, 0.2) is 18.2 Å². The smallest absolute Gasteiger partial charge is 0.222 e. The van der Waals surface area contributed by atoms with E-state index >= 15 is 0 Å². The van der Waals surface area contributed by atoms with Crippen molar-refractivity contribution >= 4 is 29.1 Å². The molecule has 16 heavy (non-hydrogen) atoms. The zero-order valence-electron chi connectivity index (χ0n) is 9.46. The van der Waals surface area contributed by atoms with E-state index in [2.05, 4.69) is 0 Å². The van der Waals surface area contributed by atoms with E-state index in [9.17, 15) is 4.79 Å². The number of nitrogens with zero attached hydrogens (tertiary/aromatic N) is 1. The zero-order chi connectivity index (χ0) is 12.1. The Labute approximate surface area is 106 Å². The summed E-state index contributed by atoms with van der Waals surface area (Å²) in [4.78, 5) is 13.3. The Kier molecular flexibility index (Phi) is 5.10. The molecule has 0 fully saturated rings. The van der Waals surface area contributed by atoms with Gasteiger partial charge in [0.15, 0.2) is 0 Å². The van der Waals surface area contributed by atoms with Crippen LogP contribution in [-0.4, -0.2) is 17.9 Å². The Bertz CT molecular complexity index is 379. The van der Waals surface area contributed by atoms with Gasteiger partial charge in [-0.1, -0.05) is 36.2 Å². The van der Waals surface area contributed by atoms with Crippen LogP contribution in [0.2, 0.25) is 10.0 Å². The Morgan fingerprint density at radius 2 is 2.06 bits per heavy atom. The third-order valence-corrected chi connectivity index (χ3v) is 2.90. The molecule has 0 aliphatic rings. The monoisotopic (exact) mass is 259 g/mol. The van der Waals surface area contributed by atoms with Gasteiger partial charge in [0, 0.05) is 30.1 Å². The molecule has 0 bridgehead atoms. The van der Waals surface area contributed by atoms with Crippen molar-refractivity contribution in [2.24, 2.45) is 0 Å². The molecule has 0 aliphatic heterocycles. The Hall–Kier alpha value is -0.730. The summed E-state index contributed by atoms with van der Waals surface area (Å²) in [5.41, 5.74) is 0.915. The molecule has 0 N–H and O–H groups in total. The fourth-order valence-electron chi connectivity index (χ4n) is 1.40. The first-order valence-corrected chi connectivity index (χ1v) is 5.98. The lowest BCUT2D eigenvalue weighted by Crippen LogP contribution is -2.25. The minimum absolute atomic E-state index is 0.133. The van der Waals surface area contributed by atoms with Crippen molar-refractivity contribution < 1.29 is 4.79 Å². The van der Waals surface area contributed by atoms with Gasteiger partial charge in [-0.2, -0.15) is 0 Å². The molecule has 0 spiro atoms. The number of carbonyl (C=O) groups excluding carboxylic acids is 1.